The van der Waals surface area contributed by atoms with Gasteiger partial charge in [-0.3, -0.25) is 4.79 Å². The number of thioether (sulfide) groups is 1. The van der Waals surface area contributed by atoms with E-state index in [2.05, 4.69) is 10.2 Å². The Morgan fingerprint density at radius 1 is 1.09 bits per heavy atom. The molecule has 1 aliphatic heterocycles. The summed E-state index contributed by atoms with van der Waals surface area (Å²) in [4.78, 5) is 11.5. The summed E-state index contributed by atoms with van der Waals surface area (Å²) in [6.07, 6.45) is 0.676. The zero-order valence-corrected chi connectivity index (χ0v) is 12.4. The molecule has 110 valence electrons. The van der Waals surface area contributed by atoms with Crippen LogP contribution < -0.4 is 0 Å². The lowest BCUT2D eigenvalue weighted by molar-refractivity contribution is -0.137. The van der Waals surface area contributed by atoms with Crippen LogP contribution in [0, 0.1) is 0 Å². The van der Waals surface area contributed by atoms with Gasteiger partial charge in [0.25, 0.3) is 5.22 Å². The van der Waals surface area contributed by atoms with Gasteiger partial charge in [-0.1, -0.05) is 36.4 Å². The number of esters is 1. The predicted octanol–water partition coefficient (Wildman–Crippen LogP) is 3.30. The molecule has 3 aromatic rings. The van der Waals surface area contributed by atoms with E-state index in [1.54, 1.807) is 0 Å². The Morgan fingerprint density at radius 2 is 1.95 bits per heavy atom. The summed E-state index contributed by atoms with van der Waals surface area (Å²) in [6.45, 7) is 0.459. The van der Waals surface area contributed by atoms with Gasteiger partial charge < -0.3 is 9.15 Å². The molecule has 1 fully saturated rings. The quantitative estimate of drug-likeness (QED) is 0.691. The Hall–Kier alpha value is -2.34. The van der Waals surface area contributed by atoms with E-state index in [1.807, 2.05) is 42.5 Å². The highest BCUT2D eigenvalue weighted by molar-refractivity contribution is 8.00. The summed E-state index contributed by atoms with van der Waals surface area (Å²) >= 11 is 1.27. The number of cyclic esters (lactones) is 1. The van der Waals surface area contributed by atoms with Crippen LogP contribution in [-0.2, 0) is 9.53 Å². The van der Waals surface area contributed by atoms with Gasteiger partial charge >= 0.3 is 5.97 Å². The number of hydrogen-bond donors (Lipinski definition) is 0. The van der Waals surface area contributed by atoms with Gasteiger partial charge in [0.2, 0.25) is 5.89 Å². The number of aromatic nitrogens is 2. The number of nitrogens with zero attached hydrogens (tertiary/aromatic N) is 2. The van der Waals surface area contributed by atoms with Crippen LogP contribution in [0.2, 0.25) is 0 Å². The second kappa shape index (κ2) is 5.46. The molecule has 0 amide bonds. The molecule has 2 heterocycles. The van der Waals surface area contributed by atoms with Crippen LogP contribution in [0.3, 0.4) is 0 Å². The Labute approximate surface area is 130 Å². The molecule has 2 aromatic carbocycles. The van der Waals surface area contributed by atoms with Gasteiger partial charge in [-0.2, -0.15) is 0 Å². The molecular formula is C16H12N2O3S. The molecule has 1 aliphatic rings. The van der Waals surface area contributed by atoms with Crippen molar-refractivity contribution in [3.05, 3.63) is 42.5 Å². The van der Waals surface area contributed by atoms with E-state index < -0.39 is 0 Å². The highest BCUT2D eigenvalue weighted by atomic mass is 32.2. The van der Waals surface area contributed by atoms with E-state index in [-0.39, 0.29) is 11.2 Å². The lowest BCUT2D eigenvalue weighted by atomic mass is 10.0. The number of ether oxygens (including phenoxy) is 1. The van der Waals surface area contributed by atoms with Crippen LogP contribution in [0.4, 0.5) is 0 Å². The van der Waals surface area contributed by atoms with Crippen molar-refractivity contribution in [2.45, 2.75) is 16.9 Å². The van der Waals surface area contributed by atoms with Gasteiger partial charge in [0.05, 0.1) is 6.61 Å². The van der Waals surface area contributed by atoms with Crippen LogP contribution in [-0.4, -0.2) is 28.0 Å². The normalized spacial score (nSPS) is 17.8. The summed E-state index contributed by atoms with van der Waals surface area (Å²) < 4.78 is 10.7. The molecule has 0 aliphatic carbocycles. The minimum absolute atomic E-state index is 0.213. The molecule has 6 heteroatoms. The van der Waals surface area contributed by atoms with Crippen LogP contribution in [0.15, 0.2) is 52.1 Å². The van der Waals surface area contributed by atoms with Crippen molar-refractivity contribution in [1.29, 1.82) is 0 Å². The number of carbonyl (C=O) groups is 1. The van der Waals surface area contributed by atoms with Crippen LogP contribution >= 0.6 is 11.8 Å². The molecule has 0 N–H and O–H groups in total. The topological polar surface area (TPSA) is 65.2 Å². The maximum atomic E-state index is 11.5. The largest absolute Gasteiger partial charge is 0.465 e. The third-order valence-corrected chi connectivity index (χ3v) is 4.64. The van der Waals surface area contributed by atoms with Gasteiger partial charge in [0.15, 0.2) is 0 Å². The van der Waals surface area contributed by atoms with E-state index in [0.717, 1.165) is 16.3 Å². The number of benzene rings is 2. The third-order valence-electron chi connectivity index (χ3n) is 3.56. The van der Waals surface area contributed by atoms with Crippen LogP contribution in [0.25, 0.3) is 22.2 Å². The fourth-order valence-electron chi connectivity index (χ4n) is 2.48. The molecule has 1 unspecified atom stereocenters. The Bertz CT molecular complexity index is 841. The second-order valence-electron chi connectivity index (χ2n) is 4.96. The molecule has 5 nitrogen and oxygen atoms in total. The lowest BCUT2D eigenvalue weighted by Crippen LogP contribution is -2.09. The smallest absolute Gasteiger partial charge is 0.319 e. The average Bonchev–Trinajstić information content (AvgIpc) is 3.17. The number of hydrogen-bond acceptors (Lipinski definition) is 6. The first-order valence-corrected chi connectivity index (χ1v) is 7.84. The van der Waals surface area contributed by atoms with Crippen molar-refractivity contribution in [3.63, 3.8) is 0 Å². The molecule has 1 atom stereocenters. The van der Waals surface area contributed by atoms with E-state index >= 15 is 0 Å². The highest BCUT2D eigenvalue weighted by Gasteiger charge is 2.29. The molecule has 4 rings (SSSR count). The summed E-state index contributed by atoms with van der Waals surface area (Å²) in [5.74, 6) is 0.251. The van der Waals surface area contributed by atoms with E-state index in [4.69, 9.17) is 9.15 Å². The molecule has 0 spiro atoms. The third kappa shape index (κ3) is 2.35. The number of rotatable bonds is 3. The summed E-state index contributed by atoms with van der Waals surface area (Å²) in [5.41, 5.74) is 0.895. The van der Waals surface area contributed by atoms with Gasteiger partial charge in [0.1, 0.15) is 5.25 Å². The van der Waals surface area contributed by atoms with Gasteiger partial charge in [0, 0.05) is 12.0 Å². The lowest BCUT2D eigenvalue weighted by Gasteiger charge is -2.02. The zero-order valence-electron chi connectivity index (χ0n) is 11.6. The van der Waals surface area contributed by atoms with E-state index in [0.29, 0.717) is 24.1 Å². The maximum Gasteiger partial charge on any atom is 0.319 e. The first-order chi connectivity index (χ1) is 10.8. The second-order valence-corrected chi connectivity index (χ2v) is 6.12. The monoisotopic (exact) mass is 312 g/mol. The number of fused-ring (bicyclic) bond motifs is 1. The fourth-order valence-corrected chi connectivity index (χ4v) is 3.32. The first-order valence-electron chi connectivity index (χ1n) is 6.96. The Morgan fingerprint density at radius 3 is 2.82 bits per heavy atom. The minimum atomic E-state index is -0.249. The van der Waals surface area contributed by atoms with Gasteiger partial charge in [-0.15, -0.1) is 10.2 Å². The molecular weight excluding hydrogens is 300 g/mol. The fraction of sp³-hybridized carbons (Fsp3) is 0.188. The van der Waals surface area contributed by atoms with Crippen LogP contribution in [0.5, 0.6) is 0 Å². The summed E-state index contributed by atoms with van der Waals surface area (Å²) in [7, 11) is 0. The van der Waals surface area contributed by atoms with Crippen LogP contribution in [0.1, 0.15) is 6.42 Å². The van der Waals surface area contributed by atoms with E-state index in [9.17, 15) is 4.79 Å². The molecule has 22 heavy (non-hydrogen) atoms. The highest BCUT2D eigenvalue weighted by Crippen LogP contribution is 2.32. The average molecular weight is 312 g/mol. The van der Waals surface area contributed by atoms with Crippen molar-refractivity contribution in [3.8, 4) is 11.5 Å². The minimum Gasteiger partial charge on any atom is -0.465 e. The Balaban J connectivity index is 1.67. The SMILES string of the molecule is O=C1OCCC1Sc1nnc(-c2cccc3ccccc23)o1. The van der Waals surface area contributed by atoms with Crippen molar-refractivity contribution >= 4 is 28.5 Å². The van der Waals surface area contributed by atoms with E-state index in [1.165, 1.54) is 11.8 Å². The molecule has 1 saturated heterocycles. The molecule has 0 radical (unpaired) electrons. The summed E-state index contributed by atoms with van der Waals surface area (Å²) in [6, 6.07) is 14.0. The van der Waals surface area contributed by atoms with Crippen molar-refractivity contribution in [2.24, 2.45) is 0 Å². The summed E-state index contributed by atoms with van der Waals surface area (Å²) in [5, 5.41) is 10.5. The van der Waals surface area contributed by atoms with Gasteiger partial charge in [-0.05, 0) is 28.6 Å². The van der Waals surface area contributed by atoms with Crippen molar-refractivity contribution in [1.82, 2.24) is 10.2 Å². The zero-order chi connectivity index (χ0) is 14.9. The maximum absolute atomic E-state index is 11.5. The molecule has 0 bridgehead atoms. The molecule has 1 aromatic heterocycles. The van der Waals surface area contributed by atoms with Crippen molar-refractivity contribution < 1.29 is 13.9 Å². The van der Waals surface area contributed by atoms with Crippen molar-refractivity contribution in [2.75, 3.05) is 6.61 Å². The number of carbonyl (C=O) groups excluding carboxylic acids is 1. The van der Waals surface area contributed by atoms with Gasteiger partial charge in [-0.25, -0.2) is 0 Å². The molecule has 0 saturated carbocycles. The first kappa shape index (κ1) is 13.3. The standard InChI is InChI=1S/C16H12N2O3S/c19-15-13(8-9-20-15)22-16-18-17-14(21-16)12-7-3-5-10-4-1-2-6-11(10)12/h1-7,13H,8-9H2. The Kier molecular flexibility index (Phi) is 3.31. The predicted molar refractivity (Wildman–Crippen MR) is 82.5 cm³/mol.